The minimum Gasteiger partial charge on any atom is -0.270 e. The van der Waals surface area contributed by atoms with Gasteiger partial charge in [0.05, 0.1) is 0 Å². The molecule has 0 saturated carbocycles. The van der Waals surface area contributed by atoms with E-state index in [2.05, 4.69) is 15.4 Å². The quantitative estimate of drug-likeness (QED) is 0.644. The van der Waals surface area contributed by atoms with Crippen LogP contribution < -0.4 is 11.3 Å². The van der Waals surface area contributed by atoms with Crippen molar-refractivity contribution < 1.29 is 0 Å². The van der Waals surface area contributed by atoms with E-state index in [1.165, 1.54) is 0 Å². The number of benzene rings is 1. The summed E-state index contributed by atoms with van der Waals surface area (Å²) in [5.41, 5.74) is 4.69. The first-order valence-electron chi connectivity index (χ1n) is 5.21. The lowest BCUT2D eigenvalue weighted by Crippen LogP contribution is -2.30. The lowest BCUT2D eigenvalue weighted by atomic mass is 10.1. The number of hydrazine groups is 1. The molecule has 0 fully saturated rings. The van der Waals surface area contributed by atoms with Crippen molar-refractivity contribution in [1.82, 2.24) is 15.4 Å². The second-order valence-electron chi connectivity index (χ2n) is 3.77. The first-order valence-corrected chi connectivity index (χ1v) is 5.58. The Balaban J connectivity index is 2.33. The molecule has 0 radical (unpaired) electrons. The van der Waals surface area contributed by atoms with Crippen molar-refractivity contribution in [1.29, 1.82) is 0 Å². The van der Waals surface area contributed by atoms with Gasteiger partial charge in [0.2, 0.25) is 0 Å². The van der Waals surface area contributed by atoms with Gasteiger partial charge in [0.25, 0.3) is 0 Å². The van der Waals surface area contributed by atoms with E-state index in [1.54, 1.807) is 12.4 Å². The van der Waals surface area contributed by atoms with Gasteiger partial charge in [0, 0.05) is 17.4 Å². The summed E-state index contributed by atoms with van der Waals surface area (Å²) in [5, 5.41) is 0.689. The van der Waals surface area contributed by atoms with Gasteiger partial charge in [-0.15, -0.1) is 0 Å². The Bertz CT molecular complexity index is 435. The molecule has 0 aliphatic rings. The van der Waals surface area contributed by atoms with E-state index < -0.39 is 0 Å². The summed E-state index contributed by atoms with van der Waals surface area (Å²) in [6.07, 6.45) is 3.53. The number of halogens is 1. The maximum Gasteiger partial charge on any atom is 0.150 e. The average molecular weight is 249 g/mol. The zero-order chi connectivity index (χ0) is 12.3. The Hall–Kier alpha value is -1.49. The second-order valence-corrected chi connectivity index (χ2v) is 4.21. The molecule has 3 N–H and O–H groups in total. The van der Waals surface area contributed by atoms with E-state index in [-0.39, 0.29) is 6.04 Å². The van der Waals surface area contributed by atoms with Crippen molar-refractivity contribution in [3.05, 3.63) is 58.6 Å². The third kappa shape index (κ3) is 2.79. The lowest BCUT2D eigenvalue weighted by Gasteiger charge is -2.14. The van der Waals surface area contributed by atoms with Crippen LogP contribution in [-0.2, 0) is 0 Å². The Morgan fingerprint density at radius 1 is 1.18 bits per heavy atom. The summed E-state index contributed by atoms with van der Waals surface area (Å²) >= 11 is 5.84. The molecular weight excluding hydrogens is 236 g/mol. The second kappa shape index (κ2) is 5.23. The monoisotopic (exact) mass is 248 g/mol. The molecule has 1 aromatic carbocycles. The van der Waals surface area contributed by atoms with Crippen LogP contribution in [0.4, 0.5) is 0 Å². The standard InChI is InChI=1S/C12H13ClN4/c1-8-6-15-12(16-7-8)11(17-14)9-2-4-10(13)5-3-9/h2-7,11,17H,14H2,1H3. The van der Waals surface area contributed by atoms with E-state index in [0.717, 1.165) is 11.1 Å². The molecule has 1 unspecified atom stereocenters. The zero-order valence-electron chi connectivity index (χ0n) is 9.39. The van der Waals surface area contributed by atoms with Crippen LogP contribution in [-0.4, -0.2) is 9.97 Å². The van der Waals surface area contributed by atoms with Crippen LogP contribution in [0.3, 0.4) is 0 Å². The lowest BCUT2D eigenvalue weighted by molar-refractivity contribution is 0.600. The molecule has 0 bridgehead atoms. The maximum absolute atomic E-state index is 5.84. The van der Waals surface area contributed by atoms with E-state index >= 15 is 0 Å². The Morgan fingerprint density at radius 3 is 2.29 bits per heavy atom. The fourth-order valence-corrected chi connectivity index (χ4v) is 1.65. The highest BCUT2D eigenvalue weighted by Gasteiger charge is 2.14. The van der Waals surface area contributed by atoms with E-state index in [4.69, 9.17) is 17.4 Å². The highest BCUT2D eigenvalue weighted by atomic mass is 35.5. The first-order chi connectivity index (χ1) is 8.20. The summed E-state index contributed by atoms with van der Waals surface area (Å²) < 4.78 is 0. The highest BCUT2D eigenvalue weighted by molar-refractivity contribution is 6.30. The number of aromatic nitrogens is 2. The largest absolute Gasteiger partial charge is 0.270 e. The number of hydrogen-bond donors (Lipinski definition) is 2. The van der Waals surface area contributed by atoms with Gasteiger partial charge in [-0.1, -0.05) is 23.7 Å². The number of rotatable bonds is 3. The number of nitrogens with two attached hydrogens (primary N) is 1. The molecule has 5 heteroatoms. The molecule has 0 amide bonds. The van der Waals surface area contributed by atoms with Crippen molar-refractivity contribution in [2.75, 3.05) is 0 Å². The molecule has 0 aliphatic heterocycles. The number of nitrogens with one attached hydrogen (secondary N) is 1. The summed E-state index contributed by atoms with van der Waals surface area (Å²) in [7, 11) is 0. The summed E-state index contributed by atoms with van der Waals surface area (Å²) in [6.45, 7) is 1.94. The third-order valence-corrected chi connectivity index (χ3v) is 2.68. The van der Waals surface area contributed by atoms with Crippen molar-refractivity contribution in [3.8, 4) is 0 Å². The van der Waals surface area contributed by atoms with Gasteiger partial charge in [-0.3, -0.25) is 5.84 Å². The van der Waals surface area contributed by atoms with Gasteiger partial charge >= 0.3 is 0 Å². The van der Waals surface area contributed by atoms with Gasteiger partial charge < -0.3 is 0 Å². The normalized spacial score (nSPS) is 12.4. The molecule has 1 aromatic heterocycles. The number of aryl methyl sites for hydroxylation is 1. The molecule has 0 saturated heterocycles. The van der Waals surface area contributed by atoms with Crippen LogP contribution in [0, 0.1) is 6.92 Å². The van der Waals surface area contributed by atoms with E-state index in [9.17, 15) is 0 Å². The first kappa shape index (κ1) is 12.0. The molecular formula is C12H13ClN4. The van der Waals surface area contributed by atoms with Crippen LogP contribution in [0.5, 0.6) is 0 Å². The fraction of sp³-hybridized carbons (Fsp3) is 0.167. The molecule has 88 valence electrons. The SMILES string of the molecule is Cc1cnc(C(NN)c2ccc(Cl)cc2)nc1. The van der Waals surface area contributed by atoms with E-state index in [1.807, 2.05) is 31.2 Å². The van der Waals surface area contributed by atoms with Gasteiger partial charge in [0.1, 0.15) is 6.04 Å². The van der Waals surface area contributed by atoms with Gasteiger partial charge in [-0.05, 0) is 30.2 Å². The molecule has 2 aromatic rings. The van der Waals surface area contributed by atoms with Crippen LogP contribution in [0.2, 0.25) is 5.02 Å². The topological polar surface area (TPSA) is 63.8 Å². The Labute approximate surface area is 105 Å². The van der Waals surface area contributed by atoms with Crippen LogP contribution in [0.15, 0.2) is 36.7 Å². The Kier molecular flexibility index (Phi) is 3.68. The van der Waals surface area contributed by atoms with Crippen molar-refractivity contribution in [2.45, 2.75) is 13.0 Å². The molecule has 1 atom stereocenters. The number of nitrogens with zero attached hydrogens (tertiary/aromatic N) is 2. The predicted molar refractivity (Wildman–Crippen MR) is 67.4 cm³/mol. The average Bonchev–Trinajstić information content (AvgIpc) is 2.35. The van der Waals surface area contributed by atoms with Crippen molar-refractivity contribution >= 4 is 11.6 Å². The molecule has 0 spiro atoms. The maximum atomic E-state index is 5.84. The number of hydrogen-bond acceptors (Lipinski definition) is 4. The molecule has 0 aliphatic carbocycles. The zero-order valence-corrected chi connectivity index (χ0v) is 10.1. The van der Waals surface area contributed by atoms with Crippen LogP contribution in [0.25, 0.3) is 0 Å². The van der Waals surface area contributed by atoms with Gasteiger partial charge in [0.15, 0.2) is 5.82 Å². The molecule has 4 nitrogen and oxygen atoms in total. The smallest absolute Gasteiger partial charge is 0.150 e. The predicted octanol–water partition coefficient (Wildman–Crippen LogP) is 1.99. The molecule has 2 rings (SSSR count). The minimum absolute atomic E-state index is 0.229. The minimum atomic E-state index is -0.229. The van der Waals surface area contributed by atoms with Crippen LogP contribution in [0.1, 0.15) is 23.0 Å². The Morgan fingerprint density at radius 2 is 1.76 bits per heavy atom. The summed E-state index contributed by atoms with van der Waals surface area (Å²) in [4.78, 5) is 8.52. The van der Waals surface area contributed by atoms with Gasteiger partial charge in [-0.25, -0.2) is 15.4 Å². The van der Waals surface area contributed by atoms with Crippen molar-refractivity contribution in [3.63, 3.8) is 0 Å². The van der Waals surface area contributed by atoms with Crippen LogP contribution >= 0.6 is 11.6 Å². The summed E-state index contributed by atoms with van der Waals surface area (Å²) in [6, 6.07) is 7.20. The fourth-order valence-electron chi connectivity index (χ4n) is 1.53. The van der Waals surface area contributed by atoms with E-state index in [0.29, 0.717) is 10.8 Å². The van der Waals surface area contributed by atoms with Gasteiger partial charge in [-0.2, -0.15) is 0 Å². The molecule has 1 heterocycles. The van der Waals surface area contributed by atoms with Crippen molar-refractivity contribution in [2.24, 2.45) is 5.84 Å². The highest BCUT2D eigenvalue weighted by Crippen LogP contribution is 2.19. The summed E-state index contributed by atoms with van der Waals surface area (Å²) in [5.74, 6) is 6.19. The molecule has 17 heavy (non-hydrogen) atoms. The third-order valence-electron chi connectivity index (χ3n) is 2.43.